The van der Waals surface area contributed by atoms with E-state index in [-0.39, 0.29) is 5.16 Å². The van der Waals surface area contributed by atoms with Gasteiger partial charge in [0.15, 0.2) is 15.9 Å². The minimum absolute atomic E-state index is 0.0716. The number of alkyl halides is 3. The molecule has 0 unspecified atom stereocenters. The quantitative estimate of drug-likeness (QED) is 0.515. The summed E-state index contributed by atoms with van der Waals surface area (Å²) in [5.74, 6) is 1.05. The van der Waals surface area contributed by atoms with E-state index in [1.54, 1.807) is 18.4 Å². The van der Waals surface area contributed by atoms with Crippen molar-refractivity contribution in [3.8, 4) is 10.8 Å². The highest BCUT2D eigenvalue weighted by Crippen LogP contribution is 2.30. The van der Waals surface area contributed by atoms with E-state index in [0.717, 1.165) is 34.7 Å². The summed E-state index contributed by atoms with van der Waals surface area (Å²) in [6.45, 7) is 0. The van der Waals surface area contributed by atoms with Gasteiger partial charge in [-0.1, -0.05) is 11.8 Å². The molecule has 0 saturated heterocycles. The highest BCUT2D eigenvalue weighted by molar-refractivity contribution is 7.98. The third kappa shape index (κ3) is 3.47. The number of hydrogen-bond acceptors (Lipinski definition) is 6. The molecule has 114 valence electrons. The van der Waals surface area contributed by atoms with Gasteiger partial charge in [0, 0.05) is 17.3 Å². The predicted molar refractivity (Wildman–Crippen MR) is 76.4 cm³/mol. The SMILES string of the molecule is FC(F)(F)c1ccnc(SCc2csc(-c3ccco3)n2)n1. The van der Waals surface area contributed by atoms with E-state index in [0.29, 0.717) is 11.5 Å². The number of rotatable bonds is 4. The summed E-state index contributed by atoms with van der Waals surface area (Å²) in [5, 5.41) is 2.63. The first-order valence-electron chi connectivity index (χ1n) is 6.04. The van der Waals surface area contributed by atoms with Crippen molar-refractivity contribution in [1.29, 1.82) is 0 Å². The van der Waals surface area contributed by atoms with Crippen LogP contribution in [0, 0.1) is 0 Å². The highest BCUT2D eigenvalue weighted by atomic mass is 32.2. The van der Waals surface area contributed by atoms with E-state index >= 15 is 0 Å². The van der Waals surface area contributed by atoms with Gasteiger partial charge in [-0.25, -0.2) is 15.0 Å². The fraction of sp³-hybridized carbons (Fsp3) is 0.154. The first-order chi connectivity index (χ1) is 10.5. The molecule has 3 aromatic heterocycles. The fourth-order valence-electron chi connectivity index (χ4n) is 1.59. The van der Waals surface area contributed by atoms with Crippen LogP contribution >= 0.6 is 23.1 Å². The number of furan rings is 1. The molecule has 0 saturated carbocycles. The van der Waals surface area contributed by atoms with Crippen LogP contribution in [0.1, 0.15) is 11.4 Å². The van der Waals surface area contributed by atoms with Gasteiger partial charge in [-0.2, -0.15) is 13.2 Å². The van der Waals surface area contributed by atoms with Gasteiger partial charge < -0.3 is 4.42 Å². The maximum Gasteiger partial charge on any atom is 0.433 e. The third-order valence-corrected chi connectivity index (χ3v) is 4.36. The van der Waals surface area contributed by atoms with E-state index in [1.165, 1.54) is 11.3 Å². The molecular weight excluding hydrogens is 335 g/mol. The number of hydrogen-bond donors (Lipinski definition) is 0. The molecule has 0 bridgehead atoms. The lowest BCUT2D eigenvalue weighted by Gasteiger charge is -2.05. The molecule has 4 nitrogen and oxygen atoms in total. The van der Waals surface area contributed by atoms with Crippen LogP contribution < -0.4 is 0 Å². The van der Waals surface area contributed by atoms with Gasteiger partial charge >= 0.3 is 6.18 Å². The molecule has 0 aliphatic heterocycles. The Morgan fingerprint density at radius 3 is 2.82 bits per heavy atom. The molecule has 0 N–H and O–H groups in total. The molecule has 9 heteroatoms. The van der Waals surface area contributed by atoms with Crippen LogP contribution in [0.5, 0.6) is 0 Å². The minimum atomic E-state index is -4.47. The Kier molecular flexibility index (Phi) is 4.16. The van der Waals surface area contributed by atoms with Gasteiger partial charge in [-0.3, -0.25) is 0 Å². The van der Waals surface area contributed by atoms with E-state index in [1.807, 2.05) is 5.38 Å². The van der Waals surface area contributed by atoms with Gasteiger partial charge in [-0.05, 0) is 18.2 Å². The van der Waals surface area contributed by atoms with Crippen LogP contribution in [0.2, 0.25) is 0 Å². The van der Waals surface area contributed by atoms with Crippen LogP contribution in [-0.2, 0) is 11.9 Å². The normalized spacial score (nSPS) is 11.8. The Morgan fingerprint density at radius 2 is 2.09 bits per heavy atom. The van der Waals surface area contributed by atoms with E-state index in [4.69, 9.17) is 4.42 Å². The zero-order valence-corrected chi connectivity index (χ0v) is 12.5. The number of thioether (sulfide) groups is 1. The van der Waals surface area contributed by atoms with Gasteiger partial charge in [-0.15, -0.1) is 11.3 Å². The molecule has 0 amide bonds. The molecule has 3 heterocycles. The van der Waals surface area contributed by atoms with Gasteiger partial charge in [0.1, 0.15) is 5.69 Å². The second-order valence-electron chi connectivity index (χ2n) is 4.13. The van der Waals surface area contributed by atoms with Crippen LogP contribution in [-0.4, -0.2) is 15.0 Å². The summed E-state index contributed by atoms with van der Waals surface area (Å²) >= 11 is 2.52. The molecular formula is C13H8F3N3OS2. The largest absolute Gasteiger partial charge is 0.462 e. The van der Waals surface area contributed by atoms with Gasteiger partial charge in [0.2, 0.25) is 0 Å². The van der Waals surface area contributed by atoms with Gasteiger partial charge in [0.25, 0.3) is 0 Å². The van der Waals surface area contributed by atoms with Crippen LogP contribution in [0.25, 0.3) is 10.8 Å². The molecule has 3 rings (SSSR count). The van der Waals surface area contributed by atoms with E-state index < -0.39 is 11.9 Å². The summed E-state index contributed by atoms with van der Waals surface area (Å²) in [6.07, 6.45) is -1.81. The Balaban J connectivity index is 1.68. The first kappa shape index (κ1) is 15.0. The summed E-state index contributed by atoms with van der Waals surface area (Å²) in [7, 11) is 0. The number of halogens is 3. The first-order valence-corrected chi connectivity index (χ1v) is 7.90. The van der Waals surface area contributed by atoms with Crippen molar-refractivity contribution in [2.45, 2.75) is 17.1 Å². The lowest BCUT2D eigenvalue weighted by Crippen LogP contribution is -2.08. The summed E-state index contributed by atoms with van der Waals surface area (Å²) in [6, 6.07) is 4.41. The zero-order chi connectivity index (χ0) is 15.6. The number of aromatic nitrogens is 3. The molecule has 0 fully saturated rings. The Bertz CT molecular complexity index is 756. The molecule has 22 heavy (non-hydrogen) atoms. The standard InChI is InChI=1S/C13H8F3N3OS2/c14-13(15,16)10-3-4-17-12(19-10)22-7-8-6-21-11(18-8)9-2-1-5-20-9/h1-6H,7H2. The summed E-state index contributed by atoms with van der Waals surface area (Å²) in [5.41, 5.74) is -0.207. The third-order valence-electron chi connectivity index (χ3n) is 2.56. The predicted octanol–water partition coefficient (Wildman–Crippen LogP) is 4.50. The Labute approximate surface area is 131 Å². The average molecular weight is 343 g/mol. The van der Waals surface area contributed by atoms with Crippen molar-refractivity contribution >= 4 is 23.1 Å². The fourth-order valence-corrected chi connectivity index (χ4v) is 3.21. The molecule has 0 spiro atoms. The summed E-state index contributed by atoms with van der Waals surface area (Å²) < 4.78 is 43.0. The zero-order valence-electron chi connectivity index (χ0n) is 10.9. The minimum Gasteiger partial charge on any atom is -0.462 e. The smallest absolute Gasteiger partial charge is 0.433 e. The maximum absolute atomic E-state index is 12.6. The maximum atomic E-state index is 12.6. The topological polar surface area (TPSA) is 51.8 Å². The monoisotopic (exact) mass is 343 g/mol. The lowest BCUT2D eigenvalue weighted by atomic mass is 10.4. The van der Waals surface area contributed by atoms with Crippen molar-refractivity contribution < 1.29 is 17.6 Å². The van der Waals surface area contributed by atoms with Crippen LogP contribution in [0.4, 0.5) is 13.2 Å². The van der Waals surface area contributed by atoms with Crippen molar-refractivity contribution in [2.24, 2.45) is 0 Å². The number of nitrogens with zero attached hydrogens (tertiary/aromatic N) is 3. The highest BCUT2D eigenvalue weighted by Gasteiger charge is 2.32. The second-order valence-corrected chi connectivity index (χ2v) is 5.93. The second kappa shape index (κ2) is 6.09. The van der Waals surface area contributed by atoms with E-state index in [9.17, 15) is 13.2 Å². The van der Waals surface area contributed by atoms with Crippen molar-refractivity contribution in [3.63, 3.8) is 0 Å². The van der Waals surface area contributed by atoms with Crippen LogP contribution in [0.15, 0.2) is 45.6 Å². The number of thiazole rings is 1. The molecule has 0 radical (unpaired) electrons. The van der Waals surface area contributed by atoms with Crippen LogP contribution in [0.3, 0.4) is 0 Å². The molecule has 0 atom stereocenters. The summed E-state index contributed by atoms with van der Waals surface area (Å²) in [4.78, 5) is 11.7. The Hall–Kier alpha value is -1.87. The van der Waals surface area contributed by atoms with Crippen molar-refractivity contribution in [2.75, 3.05) is 0 Å². The molecule has 0 aliphatic carbocycles. The van der Waals surface area contributed by atoms with Crippen molar-refractivity contribution in [3.05, 3.63) is 47.4 Å². The molecule has 3 aromatic rings. The molecule has 0 aromatic carbocycles. The molecule has 0 aliphatic rings. The van der Waals surface area contributed by atoms with Crippen molar-refractivity contribution in [1.82, 2.24) is 15.0 Å². The Morgan fingerprint density at radius 1 is 1.23 bits per heavy atom. The van der Waals surface area contributed by atoms with Gasteiger partial charge in [0.05, 0.1) is 12.0 Å². The lowest BCUT2D eigenvalue weighted by molar-refractivity contribution is -0.141. The average Bonchev–Trinajstić information content (AvgIpc) is 3.15. The van der Waals surface area contributed by atoms with E-state index in [2.05, 4.69) is 15.0 Å².